The van der Waals surface area contributed by atoms with E-state index in [0.717, 1.165) is 37.9 Å². The summed E-state index contributed by atoms with van der Waals surface area (Å²) in [6.07, 6.45) is 8.41. The van der Waals surface area contributed by atoms with Crippen LogP contribution in [0, 0.1) is 0 Å². The molecule has 0 bridgehead atoms. The summed E-state index contributed by atoms with van der Waals surface area (Å²) in [5, 5.41) is 4.73. The molecule has 0 spiro atoms. The molecule has 0 aliphatic carbocycles. The average molecular weight is 288 g/mol. The van der Waals surface area contributed by atoms with E-state index < -0.39 is 0 Å². The van der Waals surface area contributed by atoms with Crippen molar-refractivity contribution in [2.24, 2.45) is 5.73 Å². The molecule has 0 aromatic carbocycles. The third-order valence-corrected chi connectivity index (χ3v) is 4.23. The molecule has 1 unspecified atom stereocenters. The standard InChI is InChI=1S/C17H28N4/c1-4-14(18)12-17-8-7-10-20(17)13-15-9-11-21(19-15)16(5-2)6-3/h7-11,14,16H,4-6,12-13,18H2,1-3H3. The predicted octanol–water partition coefficient (Wildman–Crippen LogP) is 3.37. The summed E-state index contributed by atoms with van der Waals surface area (Å²) in [6, 6.07) is 7.13. The minimum atomic E-state index is 0.237. The van der Waals surface area contributed by atoms with Crippen LogP contribution in [-0.4, -0.2) is 20.4 Å². The van der Waals surface area contributed by atoms with Crippen molar-refractivity contribution < 1.29 is 0 Å². The fraction of sp³-hybridized carbons (Fsp3) is 0.588. The number of rotatable bonds is 8. The van der Waals surface area contributed by atoms with Crippen LogP contribution in [0.1, 0.15) is 57.5 Å². The van der Waals surface area contributed by atoms with Gasteiger partial charge in [0.2, 0.25) is 0 Å². The summed E-state index contributed by atoms with van der Waals surface area (Å²) < 4.78 is 4.37. The summed E-state index contributed by atoms with van der Waals surface area (Å²) >= 11 is 0. The van der Waals surface area contributed by atoms with Crippen molar-refractivity contribution in [3.8, 4) is 0 Å². The van der Waals surface area contributed by atoms with Crippen molar-refractivity contribution in [2.45, 2.75) is 65.1 Å². The maximum atomic E-state index is 6.07. The first-order valence-corrected chi connectivity index (χ1v) is 8.11. The lowest BCUT2D eigenvalue weighted by atomic mass is 10.1. The maximum Gasteiger partial charge on any atom is 0.0821 e. The van der Waals surface area contributed by atoms with Gasteiger partial charge in [-0.05, 0) is 37.5 Å². The van der Waals surface area contributed by atoms with Crippen LogP contribution in [0.3, 0.4) is 0 Å². The molecule has 116 valence electrons. The molecule has 0 aliphatic heterocycles. The lowest BCUT2D eigenvalue weighted by Crippen LogP contribution is -2.23. The van der Waals surface area contributed by atoms with Crippen LogP contribution in [0.15, 0.2) is 30.6 Å². The molecule has 2 rings (SSSR count). The molecule has 21 heavy (non-hydrogen) atoms. The van der Waals surface area contributed by atoms with Crippen molar-refractivity contribution in [2.75, 3.05) is 0 Å². The van der Waals surface area contributed by atoms with Gasteiger partial charge in [0, 0.05) is 30.6 Å². The van der Waals surface area contributed by atoms with Gasteiger partial charge < -0.3 is 10.3 Å². The summed E-state index contributed by atoms with van der Waals surface area (Å²) in [6.45, 7) is 7.39. The topological polar surface area (TPSA) is 48.8 Å². The molecule has 0 fully saturated rings. The molecule has 0 saturated heterocycles. The molecule has 0 amide bonds. The molecule has 0 aliphatic rings. The summed E-state index contributed by atoms with van der Waals surface area (Å²) in [7, 11) is 0. The van der Waals surface area contributed by atoms with Gasteiger partial charge >= 0.3 is 0 Å². The van der Waals surface area contributed by atoms with Gasteiger partial charge in [-0.3, -0.25) is 4.68 Å². The Balaban J connectivity index is 2.07. The highest BCUT2D eigenvalue weighted by Crippen LogP contribution is 2.15. The van der Waals surface area contributed by atoms with Gasteiger partial charge in [0.15, 0.2) is 0 Å². The van der Waals surface area contributed by atoms with E-state index in [-0.39, 0.29) is 6.04 Å². The second-order valence-electron chi connectivity index (χ2n) is 5.76. The van der Waals surface area contributed by atoms with E-state index in [0.29, 0.717) is 6.04 Å². The van der Waals surface area contributed by atoms with Crippen LogP contribution in [0.5, 0.6) is 0 Å². The zero-order valence-corrected chi connectivity index (χ0v) is 13.5. The predicted molar refractivity (Wildman–Crippen MR) is 87.4 cm³/mol. The lowest BCUT2D eigenvalue weighted by molar-refractivity contribution is 0.424. The van der Waals surface area contributed by atoms with Crippen LogP contribution in [0.2, 0.25) is 0 Å². The highest BCUT2D eigenvalue weighted by atomic mass is 15.3. The van der Waals surface area contributed by atoms with Crippen molar-refractivity contribution in [3.05, 3.63) is 42.0 Å². The van der Waals surface area contributed by atoms with Crippen LogP contribution >= 0.6 is 0 Å². The van der Waals surface area contributed by atoms with E-state index in [1.165, 1.54) is 5.69 Å². The van der Waals surface area contributed by atoms with Crippen LogP contribution in [0.25, 0.3) is 0 Å². The smallest absolute Gasteiger partial charge is 0.0821 e. The zero-order chi connectivity index (χ0) is 15.2. The van der Waals surface area contributed by atoms with Crippen molar-refractivity contribution in [3.63, 3.8) is 0 Å². The van der Waals surface area contributed by atoms with Crippen molar-refractivity contribution in [1.82, 2.24) is 14.3 Å². The number of hydrogen-bond donors (Lipinski definition) is 1. The second-order valence-corrected chi connectivity index (χ2v) is 5.76. The number of aromatic nitrogens is 3. The molecule has 4 nitrogen and oxygen atoms in total. The molecular formula is C17H28N4. The van der Waals surface area contributed by atoms with Gasteiger partial charge in [-0.25, -0.2) is 0 Å². The average Bonchev–Trinajstić information content (AvgIpc) is 3.11. The van der Waals surface area contributed by atoms with E-state index in [4.69, 9.17) is 10.8 Å². The first-order valence-electron chi connectivity index (χ1n) is 8.11. The summed E-state index contributed by atoms with van der Waals surface area (Å²) in [5.41, 5.74) is 8.48. The Bertz CT molecular complexity index is 536. The van der Waals surface area contributed by atoms with Crippen molar-refractivity contribution in [1.29, 1.82) is 0 Å². The van der Waals surface area contributed by atoms with Gasteiger partial charge in [0.05, 0.1) is 18.3 Å². The third-order valence-electron chi connectivity index (χ3n) is 4.23. The molecule has 1 atom stereocenters. The van der Waals surface area contributed by atoms with Gasteiger partial charge in [0.25, 0.3) is 0 Å². The largest absolute Gasteiger partial charge is 0.345 e. The Morgan fingerprint density at radius 2 is 1.86 bits per heavy atom. The Labute approximate surface area is 128 Å². The first kappa shape index (κ1) is 15.8. The second kappa shape index (κ2) is 7.46. The number of nitrogens with zero attached hydrogens (tertiary/aromatic N) is 3. The molecule has 2 heterocycles. The van der Waals surface area contributed by atoms with E-state index in [1.807, 2.05) is 0 Å². The lowest BCUT2D eigenvalue weighted by Gasteiger charge is -2.13. The Morgan fingerprint density at radius 1 is 1.10 bits per heavy atom. The quantitative estimate of drug-likeness (QED) is 0.809. The van der Waals surface area contributed by atoms with Crippen LogP contribution < -0.4 is 5.73 Å². The fourth-order valence-corrected chi connectivity index (χ4v) is 2.70. The third kappa shape index (κ3) is 3.97. The van der Waals surface area contributed by atoms with Gasteiger partial charge in [-0.15, -0.1) is 0 Å². The van der Waals surface area contributed by atoms with E-state index in [9.17, 15) is 0 Å². The summed E-state index contributed by atoms with van der Waals surface area (Å²) in [4.78, 5) is 0. The fourth-order valence-electron chi connectivity index (χ4n) is 2.70. The first-order chi connectivity index (χ1) is 10.2. The molecule has 2 aromatic rings. The molecule has 2 N–H and O–H groups in total. The molecule has 4 heteroatoms. The molecule has 0 saturated carbocycles. The minimum absolute atomic E-state index is 0.237. The minimum Gasteiger partial charge on any atom is -0.345 e. The van der Waals surface area contributed by atoms with E-state index in [1.54, 1.807) is 0 Å². The SMILES string of the molecule is CCC(N)Cc1cccn1Cc1ccn(C(CC)CC)n1. The van der Waals surface area contributed by atoms with Gasteiger partial charge in [-0.1, -0.05) is 20.8 Å². The van der Waals surface area contributed by atoms with Crippen molar-refractivity contribution >= 4 is 0 Å². The van der Waals surface area contributed by atoms with Crippen LogP contribution in [0.4, 0.5) is 0 Å². The Hall–Kier alpha value is -1.55. The summed E-state index contributed by atoms with van der Waals surface area (Å²) in [5.74, 6) is 0. The maximum absolute atomic E-state index is 6.07. The van der Waals surface area contributed by atoms with E-state index >= 15 is 0 Å². The highest BCUT2D eigenvalue weighted by molar-refractivity contribution is 5.12. The number of nitrogens with two attached hydrogens (primary N) is 1. The van der Waals surface area contributed by atoms with E-state index in [2.05, 4.69) is 60.6 Å². The van der Waals surface area contributed by atoms with Gasteiger partial charge in [-0.2, -0.15) is 5.10 Å². The zero-order valence-electron chi connectivity index (χ0n) is 13.5. The molecule has 2 aromatic heterocycles. The van der Waals surface area contributed by atoms with Crippen LogP contribution in [-0.2, 0) is 13.0 Å². The Kier molecular flexibility index (Phi) is 5.62. The Morgan fingerprint density at radius 3 is 2.52 bits per heavy atom. The molecule has 0 radical (unpaired) electrons. The normalized spacial score (nSPS) is 13.0. The number of hydrogen-bond acceptors (Lipinski definition) is 2. The highest BCUT2D eigenvalue weighted by Gasteiger charge is 2.10. The monoisotopic (exact) mass is 288 g/mol. The van der Waals surface area contributed by atoms with Gasteiger partial charge in [0.1, 0.15) is 0 Å². The molecular weight excluding hydrogens is 260 g/mol.